The van der Waals surface area contributed by atoms with Crippen molar-refractivity contribution < 1.29 is 14.9 Å². The first-order valence-corrected chi connectivity index (χ1v) is 5.80. The number of aliphatic hydroxyl groups is 2. The zero-order valence-electron chi connectivity index (χ0n) is 9.62. The highest BCUT2D eigenvalue weighted by Crippen LogP contribution is 2.28. The van der Waals surface area contributed by atoms with Crippen LogP contribution in [-0.2, 0) is 4.74 Å². The van der Waals surface area contributed by atoms with Crippen LogP contribution in [0, 0.1) is 0 Å². The van der Waals surface area contributed by atoms with Crippen LogP contribution in [0.5, 0.6) is 0 Å². The van der Waals surface area contributed by atoms with E-state index in [2.05, 4.69) is 15.0 Å². The number of aliphatic imine (C=N–C) groups is 3. The molecule has 0 saturated carbocycles. The number of aliphatic hydroxyl groups excluding tert-OH is 2. The van der Waals surface area contributed by atoms with Gasteiger partial charge in [0.2, 0.25) is 0 Å². The van der Waals surface area contributed by atoms with Crippen molar-refractivity contribution in [2.45, 2.75) is 37.1 Å². The molecule has 0 aromatic carbocycles. The fourth-order valence-electron chi connectivity index (χ4n) is 2.40. The number of ether oxygens (including phenoxy) is 1. The molecule has 3 rings (SSSR count). The maximum Gasteiger partial charge on any atom is 0.155 e. The smallest absolute Gasteiger partial charge is 0.155 e. The average molecular weight is 253 g/mol. The largest absolute Gasteiger partial charge is 0.394 e. The Bertz CT molecular complexity index is 424. The van der Waals surface area contributed by atoms with Crippen molar-refractivity contribution in [3.05, 3.63) is 0 Å². The molecule has 5 atom stereocenters. The second kappa shape index (κ2) is 4.30. The molecule has 2 unspecified atom stereocenters. The third-order valence-corrected chi connectivity index (χ3v) is 3.39. The van der Waals surface area contributed by atoms with Crippen LogP contribution in [-0.4, -0.2) is 70.9 Å². The van der Waals surface area contributed by atoms with Gasteiger partial charge in [-0.15, -0.1) is 0 Å². The fourth-order valence-corrected chi connectivity index (χ4v) is 2.40. The zero-order chi connectivity index (χ0) is 12.7. The Hall–Kier alpha value is -1.51. The Labute approximate surface area is 103 Å². The summed E-state index contributed by atoms with van der Waals surface area (Å²) in [6, 6.07) is -0.288. The van der Waals surface area contributed by atoms with E-state index in [4.69, 9.17) is 15.6 Å². The summed E-state index contributed by atoms with van der Waals surface area (Å²) >= 11 is 0. The first kappa shape index (κ1) is 11.6. The minimum atomic E-state index is -0.675. The van der Waals surface area contributed by atoms with E-state index >= 15 is 0 Å². The molecule has 8 heteroatoms. The topological polar surface area (TPSA) is 116 Å². The molecule has 3 aliphatic heterocycles. The van der Waals surface area contributed by atoms with Gasteiger partial charge in [-0.25, -0.2) is 9.98 Å². The highest BCUT2D eigenvalue weighted by Gasteiger charge is 2.43. The molecular formula is C10H15N5O3. The number of hydrogen-bond acceptors (Lipinski definition) is 8. The number of hydrogen-bond donors (Lipinski definition) is 3. The van der Waals surface area contributed by atoms with Crippen LogP contribution in [0.25, 0.3) is 0 Å². The third kappa shape index (κ3) is 1.69. The first-order valence-electron chi connectivity index (χ1n) is 5.80. The van der Waals surface area contributed by atoms with Gasteiger partial charge in [-0.1, -0.05) is 0 Å². The second-order valence-electron chi connectivity index (χ2n) is 4.50. The average Bonchev–Trinajstić information content (AvgIpc) is 2.93. The molecule has 3 aliphatic rings. The Morgan fingerprint density at radius 3 is 3.06 bits per heavy atom. The van der Waals surface area contributed by atoms with Gasteiger partial charge in [-0.05, 0) is 0 Å². The standard InChI is InChI=1S/C10H15N5O3/c11-9-8-10(13-3-12-9)15(4-14-8)7-1-5(17)6(2-16)18-7/h3-8,10,16-17H,1-2H2,(H2,11,12,13)/t5-,6-,7-,8?,10?/m1/s1. The maximum absolute atomic E-state index is 9.72. The van der Waals surface area contributed by atoms with E-state index < -0.39 is 12.2 Å². The van der Waals surface area contributed by atoms with Crippen LogP contribution >= 0.6 is 0 Å². The van der Waals surface area contributed by atoms with Crippen molar-refractivity contribution in [3.8, 4) is 0 Å². The Morgan fingerprint density at radius 2 is 2.33 bits per heavy atom. The van der Waals surface area contributed by atoms with E-state index in [1.54, 1.807) is 6.34 Å². The summed E-state index contributed by atoms with van der Waals surface area (Å²) in [6.45, 7) is -0.205. The summed E-state index contributed by atoms with van der Waals surface area (Å²) < 4.78 is 5.57. The molecule has 98 valence electrons. The normalized spacial score (nSPS) is 42.2. The summed E-state index contributed by atoms with van der Waals surface area (Å²) in [7, 11) is 0. The SMILES string of the molecule is NC1=NC=NC2C1N=CN2[C@H]1C[C@@H](O)[C@@H](CO)O1. The summed E-state index contributed by atoms with van der Waals surface area (Å²) in [5.74, 6) is 0.422. The molecule has 0 aromatic heterocycles. The minimum absolute atomic E-state index is 0.205. The van der Waals surface area contributed by atoms with E-state index in [0.29, 0.717) is 12.3 Å². The Balaban J connectivity index is 1.74. The van der Waals surface area contributed by atoms with E-state index in [1.807, 2.05) is 4.90 Å². The van der Waals surface area contributed by atoms with Gasteiger partial charge >= 0.3 is 0 Å². The van der Waals surface area contributed by atoms with Crippen LogP contribution < -0.4 is 5.73 Å². The summed E-state index contributed by atoms with van der Waals surface area (Å²) in [5, 5.41) is 18.8. The van der Waals surface area contributed by atoms with Crippen LogP contribution in [0.4, 0.5) is 0 Å². The fraction of sp³-hybridized carbons (Fsp3) is 0.700. The summed E-state index contributed by atoms with van der Waals surface area (Å²) in [6.07, 6.45) is 1.60. The van der Waals surface area contributed by atoms with Crippen LogP contribution in [0.3, 0.4) is 0 Å². The molecule has 8 nitrogen and oxygen atoms in total. The molecule has 18 heavy (non-hydrogen) atoms. The van der Waals surface area contributed by atoms with Crippen molar-refractivity contribution in [1.29, 1.82) is 0 Å². The van der Waals surface area contributed by atoms with Gasteiger partial charge in [-0.2, -0.15) is 0 Å². The molecule has 4 N–H and O–H groups in total. The van der Waals surface area contributed by atoms with Gasteiger partial charge in [0.15, 0.2) is 6.17 Å². The molecular weight excluding hydrogens is 238 g/mol. The number of fused-ring (bicyclic) bond motifs is 1. The van der Waals surface area contributed by atoms with Crippen LogP contribution in [0.1, 0.15) is 6.42 Å². The second-order valence-corrected chi connectivity index (χ2v) is 4.50. The highest BCUT2D eigenvalue weighted by atomic mass is 16.5. The van der Waals surface area contributed by atoms with Crippen molar-refractivity contribution in [1.82, 2.24) is 4.90 Å². The van der Waals surface area contributed by atoms with Gasteiger partial charge in [-0.3, -0.25) is 4.99 Å². The third-order valence-electron chi connectivity index (χ3n) is 3.39. The molecule has 0 aromatic rings. The van der Waals surface area contributed by atoms with E-state index in [-0.39, 0.29) is 25.0 Å². The lowest BCUT2D eigenvalue weighted by atomic mass is 10.1. The van der Waals surface area contributed by atoms with E-state index in [1.165, 1.54) is 6.34 Å². The zero-order valence-corrected chi connectivity index (χ0v) is 9.62. The van der Waals surface area contributed by atoms with Crippen LogP contribution in [0.15, 0.2) is 15.0 Å². The molecule has 3 heterocycles. The molecule has 0 aliphatic carbocycles. The first-order chi connectivity index (χ1) is 8.70. The van der Waals surface area contributed by atoms with Gasteiger partial charge < -0.3 is 25.6 Å². The van der Waals surface area contributed by atoms with Crippen LogP contribution in [0.2, 0.25) is 0 Å². The lowest BCUT2D eigenvalue weighted by Crippen LogP contribution is -2.47. The minimum Gasteiger partial charge on any atom is -0.394 e. The lowest BCUT2D eigenvalue weighted by molar-refractivity contribution is -0.0628. The van der Waals surface area contributed by atoms with Crippen molar-refractivity contribution >= 4 is 18.5 Å². The van der Waals surface area contributed by atoms with Gasteiger partial charge in [0.1, 0.15) is 30.5 Å². The predicted molar refractivity (Wildman–Crippen MR) is 64.4 cm³/mol. The summed E-state index contributed by atoms with van der Waals surface area (Å²) in [4.78, 5) is 14.2. The maximum atomic E-state index is 9.72. The van der Waals surface area contributed by atoms with Gasteiger partial charge in [0.05, 0.1) is 19.0 Å². The Kier molecular flexibility index (Phi) is 2.77. The molecule has 0 spiro atoms. The van der Waals surface area contributed by atoms with E-state index in [9.17, 15) is 5.11 Å². The molecule has 0 radical (unpaired) electrons. The Morgan fingerprint density at radius 1 is 1.50 bits per heavy atom. The molecule has 0 amide bonds. The number of nitrogens with zero attached hydrogens (tertiary/aromatic N) is 4. The predicted octanol–water partition coefficient (Wildman–Crippen LogP) is -2.11. The van der Waals surface area contributed by atoms with Crippen molar-refractivity contribution in [3.63, 3.8) is 0 Å². The number of amidine groups is 1. The lowest BCUT2D eigenvalue weighted by Gasteiger charge is -2.30. The number of nitrogens with two attached hydrogens (primary N) is 1. The number of rotatable bonds is 2. The monoisotopic (exact) mass is 253 g/mol. The molecule has 0 bridgehead atoms. The molecule has 1 fully saturated rings. The van der Waals surface area contributed by atoms with E-state index in [0.717, 1.165) is 0 Å². The van der Waals surface area contributed by atoms with Gasteiger partial charge in [0, 0.05) is 6.42 Å². The van der Waals surface area contributed by atoms with Gasteiger partial charge in [0.25, 0.3) is 0 Å². The summed E-state index contributed by atoms with van der Waals surface area (Å²) in [5.41, 5.74) is 5.75. The van der Waals surface area contributed by atoms with Crippen molar-refractivity contribution in [2.24, 2.45) is 20.7 Å². The molecule has 1 saturated heterocycles. The quantitative estimate of drug-likeness (QED) is 0.521. The highest BCUT2D eigenvalue weighted by molar-refractivity contribution is 5.96. The van der Waals surface area contributed by atoms with Crippen molar-refractivity contribution in [2.75, 3.05) is 6.61 Å².